The standard InChI is InChI=1S/C16H13N5O3S/c1-16(2,3)12-6-4-11(5-7-12)15-20-13(8-17)14(9-18)21(15)25(23,24)19-10-22/h4-7H,1-3H3. The van der Waals surface area contributed by atoms with E-state index in [9.17, 15) is 18.5 Å². The van der Waals surface area contributed by atoms with Gasteiger partial charge in [-0.25, -0.2) is 9.78 Å². The van der Waals surface area contributed by atoms with Crippen molar-refractivity contribution >= 4 is 16.3 Å². The Morgan fingerprint density at radius 3 is 2.16 bits per heavy atom. The van der Waals surface area contributed by atoms with Gasteiger partial charge in [-0.1, -0.05) is 49.4 Å². The Labute approximate surface area is 144 Å². The highest BCUT2D eigenvalue weighted by atomic mass is 32.2. The van der Waals surface area contributed by atoms with Crippen LogP contribution in [0.1, 0.15) is 37.7 Å². The third kappa shape index (κ3) is 3.33. The Kier molecular flexibility index (Phi) is 4.58. The molecule has 0 aliphatic carbocycles. The molecule has 0 unspecified atom stereocenters. The van der Waals surface area contributed by atoms with E-state index in [2.05, 4.69) is 9.38 Å². The average molecular weight is 355 g/mol. The van der Waals surface area contributed by atoms with E-state index >= 15 is 0 Å². The quantitative estimate of drug-likeness (QED) is 0.612. The van der Waals surface area contributed by atoms with E-state index < -0.39 is 15.9 Å². The Bertz CT molecular complexity index is 1060. The van der Waals surface area contributed by atoms with Gasteiger partial charge in [0.15, 0.2) is 17.2 Å². The van der Waals surface area contributed by atoms with Crippen LogP contribution < -0.4 is 0 Å². The molecule has 0 radical (unpaired) electrons. The summed E-state index contributed by atoms with van der Waals surface area (Å²) in [5, 5.41) is 18.3. The van der Waals surface area contributed by atoms with Crippen molar-refractivity contribution in [1.82, 2.24) is 8.96 Å². The molecule has 2 aromatic rings. The predicted octanol–water partition coefficient (Wildman–Crippen LogP) is 2.02. The van der Waals surface area contributed by atoms with E-state index in [1.807, 2.05) is 20.8 Å². The second-order valence-electron chi connectivity index (χ2n) is 6.11. The molecular formula is C16H13N5O3S. The van der Waals surface area contributed by atoms with E-state index in [4.69, 9.17) is 5.26 Å². The zero-order chi connectivity index (χ0) is 18.8. The van der Waals surface area contributed by atoms with Crippen LogP contribution in [0.5, 0.6) is 0 Å². The van der Waals surface area contributed by atoms with Crippen LogP contribution in [0.2, 0.25) is 0 Å². The molecule has 0 saturated carbocycles. The molecule has 0 spiro atoms. The minimum atomic E-state index is -4.58. The van der Waals surface area contributed by atoms with Crippen molar-refractivity contribution in [3.63, 3.8) is 0 Å². The van der Waals surface area contributed by atoms with Crippen molar-refractivity contribution in [2.75, 3.05) is 0 Å². The van der Waals surface area contributed by atoms with Gasteiger partial charge in [0, 0.05) is 5.56 Å². The number of aromatic nitrogens is 2. The van der Waals surface area contributed by atoms with Crippen LogP contribution in [-0.4, -0.2) is 23.5 Å². The number of imidazole rings is 1. The van der Waals surface area contributed by atoms with E-state index in [1.54, 1.807) is 36.4 Å². The number of nitrogens with zero attached hydrogens (tertiary/aromatic N) is 5. The maximum absolute atomic E-state index is 12.2. The summed E-state index contributed by atoms with van der Waals surface area (Å²) in [4.78, 5) is 14.3. The molecule has 0 aliphatic rings. The van der Waals surface area contributed by atoms with Gasteiger partial charge in [-0.3, -0.25) is 0 Å². The number of carbonyl (C=O) groups excluding carboxylic acids is 1. The molecule has 126 valence electrons. The highest BCUT2D eigenvalue weighted by molar-refractivity contribution is 7.88. The molecule has 0 aliphatic heterocycles. The Morgan fingerprint density at radius 2 is 1.72 bits per heavy atom. The second-order valence-corrected chi connectivity index (χ2v) is 7.55. The lowest BCUT2D eigenvalue weighted by molar-refractivity contribution is 0.562. The molecule has 0 amide bonds. The molecule has 0 atom stereocenters. The van der Waals surface area contributed by atoms with Crippen molar-refractivity contribution in [2.24, 2.45) is 4.40 Å². The van der Waals surface area contributed by atoms with Gasteiger partial charge >= 0.3 is 10.2 Å². The molecule has 9 heteroatoms. The van der Waals surface area contributed by atoms with Crippen LogP contribution in [0.25, 0.3) is 11.4 Å². The summed E-state index contributed by atoms with van der Waals surface area (Å²) in [5.41, 5.74) is 0.357. The topological polar surface area (TPSA) is 129 Å². The second kappa shape index (κ2) is 6.33. The van der Waals surface area contributed by atoms with Crippen LogP contribution in [0.3, 0.4) is 0 Å². The van der Waals surface area contributed by atoms with Gasteiger partial charge in [0.2, 0.25) is 0 Å². The number of hydrogen-bond donors (Lipinski definition) is 0. The van der Waals surface area contributed by atoms with E-state index in [0.717, 1.165) is 11.6 Å². The third-order valence-electron chi connectivity index (χ3n) is 3.44. The van der Waals surface area contributed by atoms with Crippen molar-refractivity contribution in [3.05, 3.63) is 41.2 Å². The van der Waals surface area contributed by atoms with Gasteiger partial charge in [0.1, 0.15) is 12.1 Å². The number of hydrogen-bond acceptors (Lipinski definition) is 6. The van der Waals surface area contributed by atoms with Crippen LogP contribution in [0.15, 0.2) is 28.7 Å². The largest absolute Gasteiger partial charge is 0.361 e. The van der Waals surface area contributed by atoms with E-state index in [-0.39, 0.29) is 16.9 Å². The molecule has 8 nitrogen and oxygen atoms in total. The SMILES string of the molecule is CC(C)(C)c1ccc(-c2nc(C#N)c(C#N)n2S(=O)(=O)N=C=O)cc1. The Hall–Kier alpha value is -3.26. The van der Waals surface area contributed by atoms with Gasteiger partial charge in [0.25, 0.3) is 6.08 Å². The molecule has 0 bridgehead atoms. The molecular weight excluding hydrogens is 342 g/mol. The highest BCUT2D eigenvalue weighted by Crippen LogP contribution is 2.28. The summed E-state index contributed by atoms with van der Waals surface area (Å²) in [7, 11) is -4.58. The van der Waals surface area contributed by atoms with Gasteiger partial charge in [-0.2, -0.15) is 22.9 Å². The summed E-state index contributed by atoms with van der Waals surface area (Å²) in [5.74, 6) is -0.174. The number of benzene rings is 1. The minimum Gasteiger partial charge on any atom is -0.215 e. The van der Waals surface area contributed by atoms with E-state index in [0.29, 0.717) is 9.54 Å². The summed E-state index contributed by atoms with van der Waals surface area (Å²) in [6.45, 7) is 6.06. The summed E-state index contributed by atoms with van der Waals surface area (Å²) < 4.78 is 27.6. The minimum absolute atomic E-state index is 0.114. The monoisotopic (exact) mass is 355 g/mol. The zero-order valence-electron chi connectivity index (χ0n) is 13.7. The summed E-state index contributed by atoms with van der Waals surface area (Å²) >= 11 is 0. The Balaban J connectivity index is 2.79. The number of isocyanates is 1. The van der Waals surface area contributed by atoms with Crippen LogP contribution in [-0.2, 0) is 20.4 Å². The first-order valence-electron chi connectivity index (χ1n) is 7.04. The molecule has 1 aromatic carbocycles. The number of rotatable bonds is 3. The van der Waals surface area contributed by atoms with Crippen molar-refractivity contribution in [1.29, 1.82) is 10.5 Å². The van der Waals surface area contributed by atoms with Gasteiger partial charge in [0.05, 0.1) is 0 Å². The lowest BCUT2D eigenvalue weighted by atomic mass is 9.87. The van der Waals surface area contributed by atoms with Crippen LogP contribution in [0, 0.1) is 22.7 Å². The molecule has 1 aromatic heterocycles. The fraction of sp³-hybridized carbons (Fsp3) is 0.250. The maximum Gasteiger partial charge on any atom is 0.361 e. The molecule has 1 heterocycles. The summed E-state index contributed by atoms with van der Waals surface area (Å²) in [6, 6.07) is 10.1. The fourth-order valence-corrected chi connectivity index (χ4v) is 3.09. The van der Waals surface area contributed by atoms with Gasteiger partial charge in [-0.15, -0.1) is 0 Å². The fourth-order valence-electron chi connectivity index (χ4n) is 2.20. The lowest BCUT2D eigenvalue weighted by Crippen LogP contribution is -2.14. The third-order valence-corrected chi connectivity index (χ3v) is 4.56. The highest BCUT2D eigenvalue weighted by Gasteiger charge is 2.27. The molecule has 2 rings (SSSR count). The van der Waals surface area contributed by atoms with Crippen molar-refractivity contribution < 1.29 is 13.2 Å². The smallest absolute Gasteiger partial charge is 0.215 e. The molecule has 25 heavy (non-hydrogen) atoms. The van der Waals surface area contributed by atoms with Gasteiger partial charge < -0.3 is 0 Å². The van der Waals surface area contributed by atoms with E-state index in [1.165, 1.54) is 0 Å². The molecule has 0 fully saturated rings. The first kappa shape index (κ1) is 18.1. The van der Waals surface area contributed by atoms with Crippen LogP contribution >= 0.6 is 0 Å². The van der Waals surface area contributed by atoms with Crippen molar-refractivity contribution in [2.45, 2.75) is 26.2 Å². The van der Waals surface area contributed by atoms with Crippen molar-refractivity contribution in [3.8, 4) is 23.5 Å². The lowest BCUT2D eigenvalue weighted by Gasteiger charge is -2.19. The number of nitriles is 2. The zero-order valence-corrected chi connectivity index (χ0v) is 14.5. The maximum atomic E-state index is 12.2. The molecule has 0 N–H and O–H groups in total. The van der Waals surface area contributed by atoms with Gasteiger partial charge in [-0.05, 0) is 11.0 Å². The first-order chi connectivity index (χ1) is 11.7. The predicted molar refractivity (Wildman–Crippen MR) is 88.2 cm³/mol. The average Bonchev–Trinajstić information content (AvgIpc) is 2.93. The Morgan fingerprint density at radius 1 is 1.12 bits per heavy atom. The molecule has 0 saturated heterocycles. The normalized spacial score (nSPS) is 11.2. The van der Waals surface area contributed by atoms with Crippen LogP contribution in [0.4, 0.5) is 0 Å². The summed E-state index contributed by atoms with van der Waals surface area (Å²) in [6.07, 6.45) is 0.939. The first-order valence-corrected chi connectivity index (χ1v) is 8.44.